The Balaban J connectivity index is 2.34. The van der Waals surface area contributed by atoms with Crippen LogP contribution in [0.15, 0.2) is 65.5 Å². The first kappa shape index (κ1) is 15.1. The molecule has 0 saturated carbocycles. The van der Waals surface area contributed by atoms with Crippen LogP contribution in [0.5, 0.6) is 0 Å². The minimum absolute atomic E-state index is 0.0415. The fourth-order valence-corrected chi connectivity index (χ4v) is 2.46. The topological polar surface area (TPSA) is 32.3 Å². The van der Waals surface area contributed by atoms with Crippen molar-refractivity contribution in [3.8, 4) is 0 Å². The first-order valence-corrected chi connectivity index (χ1v) is 7.29. The molecular weight excluding hydrogens is 260 g/mol. The summed E-state index contributed by atoms with van der Waals surface area (Å²) >= 11 is 0. The number of allylic oxidation sites excluding steroid dienone is 3. The van der Waals surface area contributed by atoms with Gasteiger partial charge >= 0.3 is 0 Å². The molecule has 2 rings (SSSR count). The van der Waals surface area contributed by atoms with Crippen LogP contribution >= 0.6 is 0 Å². The van der Waals surface area contributed by atoms with Crippen LogP contribution in [0.3, 0.4) is 0 Å². The maximum atomic E-state index is 12.1. The molecule has 1 heterocycles. The molecule has 0 unspecified atom stereocenters. The van der Waals surface area contributed by atoms with E-state index < -0.39 is 0 Å². The summed E-state index contributed by atoms with van der Waals surface area (Å²) in [4.78, 5) is 14.3. The standard InChI is InChI=1S/C18H22N2O/c1-4-8-17-16(18(21)19-3)11-14(2)12-20(17)13-15-9-6-5-7-10-15/h5-12H,4,13H2,1-3H3,(H,19,21)/b17-8+. The van der Waals surface area contributed by atoms with Crippen molar-refractivity contribution in [1.29, 1.82) is 0 Å². The number of hydrogen-bond donors (Lipinski definition) is 1. The summed E-state index contributed by atoms with van der Waals surface area (Å²) in [6.45, 7) is 4.86. The number of carbonyl (C=O) groups excluding carboxylic acids is 1. The Kier molecular flexibility index (Phi) is 4.99. The molecule has 0 spiro atoms. The van der Waals surface area contributed by atoms with E-state index in [0.717, 1.165) is 29.8 Å². The van der Waals surface area contributed by atoms with Gasteiger partial charge in [0.15, 0.2) is 0 Å². The van der Waals surface area contributed by atoms with Crippen LogP contribution in [-0.2, 0) is 11.3 Å². The number of nitrogens with one attached hydrogen (secondary N) is 1. The lowest BCUT2D eigenvalue weighted by atomic mass is 10.0. The molecule has 3 nitrogen and oxygen atoms in total. The van der Waals surface area contributed by atoms with E-state index in [1.54, 1.807) is 7.05 Å². The van der Waals surface area contributed by atoms with Crippen LogP contribution < -0.4 is 5.32 Å². The number of nitrogens with zero attached hydrogens (tertiary/aromatic N) is 1. The van der Waals surface area contributed by atoms with Gasteiger partial charge in [-0.05, 0) is 30.6 Å². The first-order valence-electron chi connectivity index (χ1n) is 7.29. The number of hydrogen-bond acceptors (Lipinski definition) is 2. The average molecular weight is 282 g/mol. The van der Waals surface area contributed by atoms with Gasteiger partial charge < -0.3 is 10.2 Å². The van der Waals surface area contributed by atoms with Gasteiger partial charge in [0.1, 0.15) is 0 Å². The second-order valence-corrected chi connectivity index (χ2v) is 5.12. The SMILES string of the molecule is CC/C=C1\C(C(=O)NC)=CC(C)=CN1Cc1ccccc1. The molecule has 0 fully saturated rings. The summed E-state index contributed by atoms with van der Waals surface area (Å²) in [6.07, 6.45) is 7.04. The Morgan fingerprint density at radius 2 is 2.00 bits per heavy atom. The normalized spacial score (nSPS) is 16.5. The molecule has 21 heavy (non-hydrogen) atoms. The third-order valence-electron chi connectivity index (χ3n) is 3.38. The van der Waals surface area contributed by atoms with E-state index >= 15 is 0 Å². The van der Waals surface area contributed by atoms with E-state index in [9.17, 15) is 4.79 Å². The number of amides is 1. The fourth-order valence-electron chi connectivity index (χ4n) is 2.46. The molecule has 0 saturated heterocycles. The molecule has 1 aliphatic rings. The van der Waals surface area contributed by atoms with Gasteiger partial charge in [0, 0.05) is 25.5 Å². The van der Waals surface area contributed by atoms with Crippen molar-refractivity contribution < 1.29 is 4.79 Å². The Morgan fingerprint density at radius 3 is 2.62 bits per heavy atom. The minimum Gasteiger partial charge on any atom is -0.355 e. The fraction of sp³-hybridized carbons (Fsp3) is 0.278. The maximum absolute atomic E-state index is 12.1. The number of benzene rings is 1. The number of carbonyl (C=O) groups is 1. The summed E-state index contributed by atoms with van der Waals surface area (Å²) in [5, 5.41) is 2.73. The van der Waals surface area contributed by atoms with E-state index in [1.165, 1.54) is 5.56 Å². The van der Waals surface area contributed by atoms with Gasteiger partial charge in [0.05, 0.1) is 5.57 Å². The molecule has 1 aromatic rings. The summed E-state index contributed by atoms with van der Waals surface area (Å²) in [6, 6.07) is 10.3. The monoisotopic (exact) mass is 282 g/mol. The van der Waals surface area contributed by atoms with E-state index in [1.807, 2.05) is 31.2 Å². The maximum Gasteiger partial charge on any atom is 0.253 e. The van der Waals surface area contributed by atoms with Crippen molar-refractivity contribution in [3.63, 3.8) is 0 Å². The highest BCUT2D eigenvalue weighted by atomic mass is 16.1. The lowest BCUT2D eigenvalue weighted by Crippen LogP contribution is -2.29. The molecule has 0 aromatic heterocycles. The largest absolute Gasteiger partial charge is 0.355 e. The first-order chi connectivity index (χ1) is 10.2. The molecule has 3 heteroatoms. The number of likely N-dealkylation sites (N-methyl/N-ethyl adjacent to an activating group) is 1. The van der Waals surface area contributed by atoms with Crippen molar-refractivity contribution in [1.82, 2.24) is 10.2 Å². The smallest absolute Gasteiger partial charge is 0.253 e. The van der Waals surface area contributed by atoms with Gasteiger partial charge in [-0.15, -0.1) is 0 Å². The summed E-state index contributed by atoms with van der Waals surface area (Å²) in [7, 11) is 1.67. The van der Waals surface area contributed by atoms with Gasteiger partial charge in [0.2, 0.25) is 0 Å². The lowest BCUT2D eigenvalue weighted by molar-refractivity contribution is -0.116. The Labute approximate surface area is 126 Å². The molecule has 1 amide bonds. The minimum atomic E-state index is -0.0415. The third-order valence-corrected chi connectivity index (χ3v) is 3.38. The Morgan fingerprint density at radius 1 is 1.29 bits per heavy atom. The molecule has 1 aliphatic heterocycles. The quantitative estimate of drug-likeness (QED) is 0.918. The van der Waals surface area contributed by atoms with Crippen LogP contribution in [0.4, 0.5) is 0 Å². The van der Waals surface area contributed by atoms with Crippen molar-refractivity contribution in [2.24, 2.45) is 0 Å². The molecule has 0 bridgehead atoms. The van der Waals surface area contributed by atoms with Gasteiger partial charge in [0.25, 0.3) is 5.91 Å². The van der Waals surface area contributed by atoms with Crippen molar-refractivity contribution in [2.45, 2.75) is 26.8 Å². The summed E-state index contributed by atoms with van der Waals surface area (Å²) < 4.78 is 0. The van der Waals surface area contributed by atoms with Crippen LogP contribution in [0, 0.1) is 0 Å². The van der Waals surface area contributed by atoms with Crippen LogP contribution in [0.2, 0.25) is 0 Å². The number of rotatable bonds is 4. The summed E-state index contributed by atoms with van der Waals surface area (Å²) in [5.74, 6) is -0.0415. The third kappa shape index (κ3) is 3.63. The highest BCUT2D eigenvalue weighted by Crippen LogP contribution is 2.26. The molecule has 1 N–H and O–H groups in total. The average Bonchev–Trinajstić information content (AvgIpc) is 2.50. The zero-order valence-corrected chi connectivity index (χ0v) is 12.9. The lowest BCUT2D eigenvalue weighted by Gasteiger charge is -2.29. The van der Waals surface area contributed by atoms with Crippen molar-refractivity contribution in [3.05, 3.63) is 71.1 Å². The Bertz CT molecular complexity index is 597. The molecular formula is C18H22N2O. The van der Waals surface area contributed by atoms with E-state index in [-0.39, 0.29) is 5.91 Å². The van der Waals surface area contributed by atoms with Crippen LogP contribution in [0.1, 0.15) is 25.8 Å². The predicted octanol–water partition coefficient (Wildman–Crippen LogP) is 3.37. The van der Waals surface area contributed by atoms with Crippen LogP contribution in [0.25, 0.3) is 0 Å². The zero-order valence-electron chi connectivity index (χ0n) is 12.9. The van der Waals surface area contributed by atoms with Crippen LogP contribution in [-0.4, -0.2) is 17.9 Å². The van der Waals surface area contributed by atoms with Gasteiger partial charge in [-0.25, -0.2) is 0 Å². The highest BCUT2D eigenvalue weighted by Gasteiger charge is 2.21. The van der Waals surface area contributed by atoms with E-state index in [2.05, 4.69) is 41.5 Å². The molecule has 0 aliphatic carbocycles. The molecule has 1 aromatic carbocycles. The molecule has 110 valence electrons. The van der Waals surface area contributed by atoms with Gasteiger partial charge in [-0.1, -0.05) is 43.3 Å². The molecule has 0 radical (unpaired) electrons. The van der Waals surface area contributed by atoms with E-state index in [4.69, 9.17) is 0 Å². The predicted molar refractivity (Wildman–Crippen MR) is 86.3 cm³/mol. The summed E-state index contributed by atoms with van der Waals surface area (Å²) in [5.41, 5.74) is 4.01. The van der Waals surface area contributed by atoms with Gasteiger partial charge in [-0.2, -0.15) is 0 Å². The zero-order chi connectivity index (χ0) is 15.2. The molecule has 0 atom stereocenters. The second-order valence-electron chi connectivity index (χ2n) is 5.12. The Hall–Kier alpha value is -2.29. The van der Waals surface area contributed by atoms with E-state index in [0.29, 0.717) is 0 Å². The van der Waals surface area contributed by atoms with Crippen molar-refractivity contribution in [2.75, 3.05) is 7.05 Å². The van der Waals surface area contributed by atoms with Gasteiger partial charge in [-0.3, -0.25) is 4.79 Å². The van der Waals surface area contributed by atoms with Crippen molar-refractivity contribution >= 4 is 5.91 Å². The highest BCUT2D eigenvalue weighted by molar-refractivity contribution is 5.98. The second kappa shape index (κ2) is 6.93.